The lowest BCUT2D eigenvalue weighted by Crippen LogP contribution is -2.36. The number of hydrogen-bond donors (Lipinski definition) is 0. The molecule has 0 saturated carbocycles. The number of anilines is 1. The van der Waals surface area contributed by atoms with Gasteiger partial charge in [-0.2, -0.15) is 0 Å². The van der Waals surface area contributed by atoms with E-state index in [4.69, 9.17) is 18.9 Å². The lowest BCUT2D eigenvalue weighted by atomic mass is 10.1. The SMILES string of the molecule is COc1cc(OC)c(OC)cc1C=CC(=O)c1cccc(N2CCOCC2)c1. The highest BCUT2D eigenvalue weighted by atomic mass is 16.5. The molecule has 0 bridgehead atoms. The summed E-state index contributed by atoms with van der Waals surface area (Å²) in [5, 5.41) is 0. The first-order valence-electron chi connectivity index (χ1n) is 9.11. The zero-order chi connectivity index (χ0) is 19.9. The fraction of sp³-hybridized carbons (Fsp3) is 0.318. The van der Waals surface area contributed by atoms with Gasteiger partial charge in [0, 0.05) is 36.0 Å². The van der Waals surface area contributed by atoms with E-state index in [9.17, 15) is 4.79 Å². The second-order valence-electron chi connectivity index (χ2n) is 6.30. The first-order chi connectivity index (χ1) is 13.7. The predicted molar refractivity (Wildman–Crippen MR) is 109 cm³/mol. The minimum absolute atomic E-state index is 0.0769. The van der Waals surface area contributed by atoms with Gasteiger partial charge < -0.3 is 23.8 Å². The molecule has 0 aliphatic carbocycles. The first-order valence-corrected chi connectivity index (χ1v) is 9.11. The van der Waals surface area contributed by atoms with Crippen molar-refractivity contribution in [1.82, 2.24) is 0 Å². The van der Waals surface area contributed by atoms with Crippen LogP contribution in [0.3, 0.4) is 0 Å². The van der Waals surface area contributed by atoms with E-state index >= 15 is 0 Å². The Labute approximate surface area is 165 Å². The average Bonchev–Trinajstić information content (AvgIpc) is 2.77. The van der Waals surface area contributed by atoms with Gasteiger partial charge in [0.15, 0.2) is 17.3 Å². The third-order valence-electron chi connectivity index (χ3n) is 4.66. The Morgan fingerprint density at radius 2 is 1.64 bits per heavy atom. The van der Waals surface area contributed by atoms with Gasteiger partial charge in [0.1, 0.15) is 5.75 Å². The zero-order valence-corrected chi connectivity index (χ0v) is 16.4. The molecular weight excluding hydrogens is 358 g/mol. The zero-order valence-electron chi connectivity index (χ0n) is 16.4. The van der Waals surface area contributed by atoms with Crippen molar-refractivity contribution in [2.75, 3.05) is 52.5 Å². The Kier molecular flexibility index (Phi) is 6.55. The molecule has 148 valence electrons. The van der Waals surface area contributed by atoms with E-state index < -0.39 is 0 Å². The van der Waals surface area contributed by atoms with Crippen molar-refractivity contribution in [3.8, 4) is 17.2 Å². The minimum Gasteiger partial charge on any atom is -0.496 e. The smallest absolute Gasteiger partial charge is 0.185 e. The van der Waals surface area contributed by atoms with Gasteiger partial charge in [-0.3, -0.25) is 4.79 Å². The molecule has 0 amide bonds. The maximum atomic E-state index is 12.7. The van der Waals surface area contributed by atoms with E-state index in [2.05, 4.69) is 4.90 Å². The fourth-order valence-electron chi connectivity index (χ4n) is 3.12. The van der Waals surface area contributed by atoms with Crippen LogP contribution in [0.5, 0.6) is 17.2 Å². The van der Waals surface area contributed by atoms with Crippen LogP contribution >= 0.6 is 0 Å². The third-order valence-corrected chi connectivity index (χ3v) is 4.66. The van der Waals surface area contributed by atoms with Crippen molar-refractivity contribution < 1.29 is 23.7 Å². The molecule has 1 heterocycles. The van der Waals surface area contributed by atoms with E-state index in [0.29, 0.717) is 36.0 Å². The second-order valence-corrected chi connectivity index (χ2v) is 6.30. The normalized spacial score (nSPS) is 14.2. The number of benzene rings is 2. The predicted octanol–water partition coefficient (Wildman–Crippen LogP) is 3.45. The Bertz CT molecular complexity index is 856. The Hall–Kier alpha value is -2.99. The molecule has 1 aliphatic heterocycles. The number of nitrogens with zero attached hydrogens (tertiary/aromatic N) is 1. The molecule has 0 atom stereocenters. The van der Waals surface area contributed by atoms with Gasteiger partial charge in [-0.1, -0.05) is 12.1 Å². The number of hydrogen-bond acceptors (Lipinski definition) is 6. The minimum atomic E-state index is -0.0769. The van der Waals surface area contributed by atoms with Crippen LogP contribution in [0.1, 0.15) is 15.9 Å². The van der Waals surface area contributed by atoms with Gasteiger partial charge in [0.2, 0.25) is 0 Å². The molecule has 28 heavy (non-hydrogen) atoms. The van der Waals surface area contributed by atoms with Crippen LogP contribution in [-0.2, 0) is 4.74 Å². The molecule has 0 aromatic heterocycles. The van der Waals surface area contributed by atoms with Crippen molar-refractivity contribution in [1.29, 1.82) is 0 Å². The van der Waals surface area contributed by atoms with Gasteiger partial charge in [-0.15, -0.1) is 0 Å². The molecule has 1 fully saturated rings. The van der Waals surface area contributed by atoms with E-state index in [1.165, 1.54) is 0 Å². The van der Waals surface area contributed by atoms with E-state index in [1.807, 2.05) is 24.3 Å². The number of ketones is 1. The number of carbonyl (C=O) groups is 1. The summed E-state index contributed by atoms with van der Waals surface area (Å²) in [5.74, 6) is 1.67. The fourth-order valence-corrected chi connectivity index (χ4v) is 3.12. The van der Waals surface area contributed by atoms with Crippen molar-refractivity contribution in [3.63, 3.8) is 0 Å². The first kappa shape index (κ1) is 19.8. The van der Waals surface area contributed by atoms with Crippen LogP contribution in [0.2, 0.25) is 0 Å². The summed E-state index contributed by atoms with van der Waals surface area (Å²) in [6.07, 6.45) is 3.27. The number of carbonyl (C=O) groups excluding carboxylic acids is 1. The maximum Gasteiger partial charge on any atom is 0.185 e. The highest BCUT2D eigenvalue weighted by Crippen LogP contribution is 2.35. The van der Waals surface area contributed by atoms with Crippen LogP contribution in [-0.4, -0.2) is 53.4 Å². The summed E-state index contributed by atoms with van der Waals surface area (Å²) in [6, 6.07) is 11.2. The van der Waals surface area contributed by atoms with Crippen LogP contribution in [0, 0.1) is 0 Å². The molecule has 0 unspecified atom stereocenters. The summed E-state index contributed by atoms with van der Waals surface area (Å²) >= 11 is 0. The molecule has 0 radical (unpaired) electrons. The maximum absolute atomic E-state index is 12.7. The average molecular weight is 383 g/mol. The summed E-state index contributed by atoms with van der Waals surface area (Å²) < 4.78 is 21.4. The number of ether oxygens (including phenoxy) is 4. The monoisotopic (exact) mass is 383 g/mol. The summed E-state index contributed by atoms with van der Waals surface area (Å²) in [5.41, 5.74) is 2.41. The van der Waals surface area contributed by atoms with Gasteiger partial charge in [-0.25, -0.2) is 0 Å². The summed E-state index contributed by atoms with van der Waals surface area (Å²) in [4.78, 5) is 14.9. The molecule has 1 aliphatic rings. The van der Waals surface area contributed by atoms with Crippen LogP contribution in [0.25, 0.3) is 6.08 Å². The van der Waals surface area contributed by atoms with Crippen LogP contribution in [0.4, 0.5) is 5.69 Å². The van der Waals surface area contributed by atoms with Crippen molar-refractivity contribution in [2.24, 2.45) is 0 Å². The standard InChI is InChI=1S/C22H25NO5/c1-25-20-15-22(27-3)21(26-2)14-17(20)7-8-19(24)16-5-4-6-18(13-16)23-9-11-28-12-10-23/h4-8,13-15H,9-12H2,1-3H3. The largest absolute Gasteiger partial charge is 0.496 e. The molecular formula is C22H25NO5. The Morgan fingerprint density at radius 3 is 2.32 bits per heavy atom. The van der Waals surface area contributed by atoms with Crippen molar-refractivity contribution in [3.05, 3.63) is 53.6 Å². The van der Waals surface area contributed by atoms with Gasteiger partial charge in [0.25, 0.3) is 0 Å². The number of methoxy groups -OCH3 is 3. The number of morpholine rings is 1. The lowest BCUT2D eigenvalue weighted by Gasteiger charge is -2.29. The van der Waals surface area contributed by atoms with Gasteiger partial charge in [0.05, 0.1) is 34.5 Å². The molecule has 3 rings (SSSR count). The molecule has 6 nitrogen and oxygen atoms in total. The molecule has 2 aromatic carbocycles. The van der Waals surface area contributed by atoms with Gasteiger partial charge >= 0.3 is 0 Å². The molecule has 6 heteroatoms. The molecule has 2 aromatic rings. The number of allylic oxidation sites excluding steroid dienone is 1. The van der Waals surface area contributed by atoms with Crippen LogP contribution in [0.15, 0.2) is 42.5 Å². The van der Waals surface area contributed by atoms with E-state index in [1.54, 1.807) is 45.6 Å². The van der Waals surface area contributed by atoms with Crippen LogP contribution < -0.4 is 19.1 Å². The second kappa shape index (κ2) is 9.28. The third kappa shape index (κ3) is 4.46. The summed E-state index contributed by atoms with van der Waals surface area (Å²) in [6.45, 7) is 3.07. The Morgan fingerprint density at radius 1 is 0.964 bits per heavy atom. The highest BCUT2D eigenvalue weighted by molar-refractivity contribution is 6.07. The van der Waals surface area contributed by atoms with E-state index in [0.717, 1.165) is 24.3 Å². The highest BCUT2D eigenvalue weighted by Gasteiger charge is 2.13. The number of rotatable bonds is 7. The molecule has 0 N–H and O–H groups in total. The van der Waals surface area contributed by atoms with Crippen molar-refractivity contribution >= 4 is 17.5 Å². The van der Waals surface area contributed by atoms with E-state index in [-0.39, 0.29) is 5.78 Å². The van der Waals surface area contributed by atoms with Gasteiger partial charge in [-0.05, 0) is 30.4 Å². The van der Waals surface area contributed by atoms with Crippen molar-refractivity contribution in [2.45, 2.75) is 0 Å². The topological polar surface area (TPSA) is 57.2 Å². The summed E-state index contributed by atoms with van der Waals surface area (Å²) in [7, 11) is 4.71. The Balaban J connectivity index is 1.82. The molecule has 1 saturated heterocycles. The molecule has 0 spiro atoms. The quantitative estimate of drug-likeness (QED) is 0.539. The lowest BCUT2D eigenvalue weighted by molar-refractivity contribution is 0.104.